The van der Waals surface area contributed by atoms with Crippen molar-refractivity contribution in [1.29, 1.82) is 0 Å². The van der Waals surface area contributed by atoms with Crippen LogP contribution in [0.2, 0.25) is 0 Å². The van der Waals surface area contributed by atoms with E-state index in [-0.39, 0.29) is 17.1 Å². The third kappa shape index (κ3) is 5.07. The summed E-state index contributed by atoms with van der Waals surface area (Å²) in [5, 5.41) is 0. The zero-order valence-corrected chi connectivity index (χ0v) is 15.3. The molecule has 1 saturated carbocycles. The van der Waals surface area contributed by atoms with E-state index in [1.165, 1.54) is 12.4 Å². The Kier molecular flexibility index (Phi) is 5.72. The Morgan fingerprint density at radius 3 is 2.43 bits per heavy atom. The van der Waals surface area contributed by atoms with Crippen molar-refractivity contribution in [3.63, 3.8) is 0 Å². The number of pyridine rings is 1. The maximum absolute atomic E-state index is 14.0. The van der Waals surface area contributed by atoms with Crippen LogP contribution in [0.4, 0.5) is 32.2 Å². The molecule has 2 N–H and O–H groups in total. The van der Waals surface area contributed by atoms with E-state index >= 15 is 0 Å². The molecule has 0 aromatic carbocycles. The highest BCUT2D eigenvalue weighted by atomic mass is 19.4. The fourth-order valence-electron chi connectivity index (χ4n) is 2.50. The van der Waals surface area contributed by atoms with Crippen molar-refractivity contribution in [2.45, 2.75) is 38.0 Å². The van der Waals surface area contributed by atoms with Crippen molar-refractivity contribution >= 4 is 11.7 Å². The van der Waals surface area contributed by atoms with E-state index in [1.807, 2.05) is 0 Å². The van der Waals surface area contributed by atoms with Crippen LogP contribution in [0, 0.1) is 11.7 Å². The molecule has 1 amide bonds. The van der Waals surface area contributed by atoms with Gasteiger partial charge in [-0.25, -0.2) is 23.1 Å². The summed E-state index contributed by atoms with van der Waals surface area (Å²) in [6, 6.07) is 0.890. The van der Waals surface area contributed by atoms with Gasteiger partial charge in [-0.3, -0.25) is 20.6 Å². The van der Waals surface area contributed by atoms with Crippen LogP contribution >= 0.6 is 0 Å². The SMILES string of the molecule is CC(Oc1ncc(-c2cnc(NNC(=O)C3CC(F)(F)C3)cn2)cc1F)C(F)(F)F. The molecule has 0 saturated heterocycles. The predicted molar refractivity (Wildman–Crippen MR) is 90.8 cm³/mol. The molecule has 7 nitrogen and oxygen atoms in total. The van der Waals surface area contributed by atoms with Crippen molar-refractivity contribution in [3.8, 4) is 17.1 Å². The molecule has 13 heteroatoms. The molecule has 0 spiro atoms. The standard InChI is InChI=1S/C17H15F6N5O2/c1-8(17(21,22)23)30-15-11(18)2-9(5-26-15)12-6-25-13(7-24-12)27-28-14(29)10-3-16(19,20)4-10/h2,5-8,10H,3-4H2,1H3,(H,25,27)(H,28,29). The lowest BCUT2D eigenvalue weighted by Gasteiger charge is -2.33. The quantitative estimate of drug-likeness (QED) is 0.534. The number of ether oxygens (including phenoxy) is 1. The Balaban J connectivity index is 1.59. The van der Waals surface area contributed by atoms with Gasteiger partial charge < -0.3 is 4.74 Å². The Bertz CT molecular complexity index is 914. The molecule has 1 aliphatic rings. The van der Waals surface area contributed by atoms with Crippen molar-refractivity contribution in [2.75, 3.05) is 5.43 Å². The largest absolute Gasteiger partial charge is 0.463 e. The first-order valence-electron chi connectivity index (χ1n) is 8.59. The second-order valence-electron chi connectivity index (χ2n) is 6.67. The number of anilines is 1. The molecule has 0 radical (unpaired) electrons. The predicted octanol–water partition coefficient (Wildman–Crippen LogP) is 3.50. The lowest BCUT2D eigenvalue weighted by Crippen LogP contribution is -2.46. The number of hydrogen-bond acceptors (Lipinski definition) is 6. The van der Waals surface area contributed by atoms with Crippen LogP contribution in [0.15, 0.2) is 24.7 Å². The van der Waals surface area contributed by atoms with Crippen LogP contribution in [0.1, 0.15) is 19.8 Å². The third-order valence-electron chi connectivity index (χ3n) is 4.28. The minimum atomic E-state index is -4.67. The van der Waals surface area contributed by atoms with E-state index in [1.54, 1.807) is 0 Å². The van der Waals surface area contributed by atoms with Crippen LogP contribution in [-0.2, 0) is 4.79 Å². The van der Waals surface area contributed by atoms with Gasteiger partial charge in [0.2, 0.25) is 11.8 Å². The lowest BCUT2D eigenvalue weighted by atomic mass is 9.81. The second kappa shape index (κ2) is 7.95. The van der Waals surface area contributed by atoms with Crippen molar-refractivity contribution < 1.29 is 35.9 Å². The van der Waals surface area contributed by atoms with Crippen molar-refractivity contribution in [2.24, 2.45) is 5.92 Å². The number of aromatic nitrogens is 3. The fraction of sp³-hybridized carbons (Fsp3) is 0.412. The molecule has 1 fully saturated rings. The number of rotatable bonds is 6. The monoisotopic (exact) mass is 435 g/mol. The Morgan fingerprint density at radius 2 is 1.90 bits per heavy atom. The van der Waals surface area contributed by atoms with Crippen LogP contribution in [0.5, 0.6) is 5.88 Å². The number of carbonyl (C=O) groups is 1. The molecule has 162 valence electrons. The number of hydrazine groups is 1. The summed E-state index contributed by atoms with van der Waals surface area (Å²) >= 11 is 0. The number of carbonyl (C=O) groups excluding carboxylic acids is 1. The molecule has 2 aromatic heterocycles. The van der Waals surface area contributed by atoms with Gasteiger partial charge in [-0.1, -0.05) is 0 Å². The van der Waals surface area contributed by atoms with E-state index in [9.17, 15) is 31.1 Å². The van der Waals surface area contributed by atoms with Crippen LogP contribution in [0.25, 0.3) is 11.3 Å². The third-order valence-corrected chi connectivity index (χ3v) is 4.28. The Morgan fingerprint density at radius 1 is 1.20 bits per heavy atom. The molecule has 2 aromatic rings. The zero-order valence-electron chi connectivity index (χ0n) is 15.3. The van der Waals surface area contributed by atoms with Crippen LogP contribution < -0.4 is 15.6 Å². The topological polar surface area (TPSA) is 89.0 Å². The number of alkyl halides is 5. The van der Waals surface area contributed by atoms with Crippen molar-refractivity contribution in [3.05, 3.63) is 30.5 Å². The molecular weight excluding hydrogens is 420 g/mol. The van der Waals surface area contributed by atoms with Gasteiger partial charge in [-0.2, -0.15) is 13.2 Å². The van der Waals surface area contributed by atoms with E-state index in [0.717, 1.165) is 19.2 Å². The molecule has 1 unspecified atom stereocenters. The van der Waals surface area contributed by atoms with E-state index in [0.29, 0.717) is 0 Å². The van der Waals surface area contributed by atoms with Gasteiger partial charge in [0.15, 0.2) is 17.7 Å². The Labute approximate surface area is 165 Å². The van der Waals surface area contributed by atoms with Gasteiger partial charge in [-0.05, 0) is 13.0 Å². The molecular formula is C17H15F6N5O2. The summed E-state index contributed by atoms with van der Waals surface area (Å²) in [4.78, 5) is 23.1. The summed E-state index contributed by atoms with van der Waals surface area (Å²) in [5.74, 6) is -6.06. The molecule has 2 heterocycles. The molecule has 0 aliphatic heterocycles. The van der Waals surface area contributed by atoms with Gasteiger partial charge in [-0.15, -0.1) is 0 Å². The second-order valence-corrected chi connectivity index (χ2v) is 6.67. The summed E-state index contributed by atoms with van der Waals surface area (Å²) in [7, 11) is 0. The normalized spacial score (nSPS) is 17.0. The Hall–Kier alpha value is -3.12. The zero-order chi connectivity index (χ0) is 22.1. The average molecular weight is 435 g/mol. The maximum atomic E-state index is 14.0. The first-order valence-corrected chi connectivity index (χ1v) is 8.59. The number of hydrogen-bond donors (Lipinski definition) is 2. The lowest BCUT2D eigenvalue weighted by molar-refractivity contribution is -0.190. The molecule has 0 bridgehead atoms. The summed E-state index contributed by atoms with van der Waals surface area (Å²) in [5.41, 5.74) is 4.93. The highest BCUT2D eigenvalue weighted by Gasteiger charge is 2.48. The number of nitrogens with zero attached hydrogens (tertiary/aromatic N) is 3. The highest BCUT2D eigenvalue weighted by molar-refractivity contribution is 5.80. The number of nitrogens with one attached hydrogen (secondary N) is 2. The first kappa shape index (κ1) is 21.6. The van der Waals surface area contributed by atoms with Gasteiger partial charge in [0.05, 0.1) is 24.0 Å². The summed E-state index contributed by atoms with van der Waals surface area (Å²) in [6.45, 7) is 0.724. The minimum absolute atomic E-state index is 0.0885. The molecule has 30 heavy (non-hydrogen) atoms. The highest BCUT2D eigenvalue weighted by Crippen LogP contribution is 2.42. The van der Waals surface area contributed by atoms with Crippen LogP contribution in [0.3, 0.4) is 0 Å². The first-order chi connectivity index (χ1) is 13.9. The maximum Gasteiger partial charge on any atom is 0.425 e. The minimum Gasteiger partial charge on any atom is -0.463 e. The van der Waals surface area contributed by atoms with Gasteiger partial charge in [0, 0.05) is 24.6 Å². The summed E-state index contributed by atoms with van der Waals surface area (Å²) in [6.07, 6.45) is -4.51. The van der Waals surface area contributed by atoms with Crippen LogP contribution in [-0.4, -0.2) is 39.1 Å². The van der Waals surface area contributed by atoms with Crippen molar-refractivity contribution in [1.82, 2.24) is 20.4 Å². The van der Waals surface area contributed by atoms with Gasteiger partial charge in [0.25, 0.3) is 5.88 Å². The number of amides is 1. The average Bonchev–Trinajstić information content (AvgIpc) is 2.65. The number of halogens is 6. The smallest absolute Gasteiger partial charge is 0.425 e. The molecule has 3 rings (SSSR count). The van der Waals surface area contributed by atoms with E-state index in [4.69, 9.17) is 0 Å². The van der Waals surface area contributed by atoms with Gasteiger partial charge >= 0.3 is 6.18 Å². The molecule has 1 aliphatic carbocycles. The van der Waals surface area contributed by atoms with Gasteiger partial charge in [0.1, 0.15) is 0 Å². The fourth-order valence-corrected chi connectivity index (χ4v) is 2.50. The van der Waals surface area contributed by atoms with E-state index < -0.39 is 54.6 Å². The molecule has 1 atom stereocenters. The summed E-state index contributed by atoms with van der Waals surface area (Å²) < 4.78 is 81.6. The van der Waals surface area contributed by atoms with E-state index in [2.05, 4.69) is 30.5 Å².